The van der Waals surface area contributed by atoms with Crippen LogP contribution in [0.15, 0.2) is 12.2 Å². The number of aliphatic hydroxyl groups excluding tert-OH is 6. The highest BCUT2D eigenvalue weighted by Gasteiger charge is 2.51. The number of phosphoric ester groups is 1. The molecule has 422 valence electrons. The molecule has 1 rings (SSSR count). The summed E-state index contributed by atoms with van der Waals surface area (Å²) < 4.78 is 22.9. The first-order valence-electron chi connectivity index (χ1n) is 30.1. The van der Waals surface area contributed by atoms with Crippen LogP contribution >= 0.6 is 7.82 Å². The summed E-state index contributed by atoms with van der Waals surface area (Å²) in [7, 11) is -5.08. The molecule has 0 aromatic heterocycles. The number of rotatable bonds is 52. The molecule has 0 spiro atoms. The molecule has 0 aromatic rings. The quantitative estimate of drug-likeness (QED) is 0.0163. The van der Waals surface area contributed by atoms with Gasteiger partial charge in [-0.3, -0.25) is 13.8 Å². The van der Waals surface area contributed by atoms with Gasteiger partial charge >= 0.3 is 7.82 Å². The Morgan fingerprint density at radius 3 is 1.07 bits per heavy atom. The van der Waals surface area contributed by atoms with Gasteiger partial charge in [0.1, 0.15) is 36.6 Å². The third-order valence-electron chi connectivity index (χ3n) is 14.8. The lowest BCUT2D eigenvalue weighted by Gasteiger charge is -2.41. The van der Waals surface area contributed by atoms with Crippen LogP contribution < -0.4 is 5.32 Å². The zero-order chi connectivity index (χ0) is 52.1. The molecule has 1 aliphatic rings. The molecule has 6 unspecified atom stereocenters. The largest absolute Gasteiger partial charge is 0.472 e. The van der Waals surface area contributed by atoms with Crippen LogP contribution in [0.3, 0.4) is 0 Å². The Balaban J connectivity index is 2.10. The van der Waals surface area contributed by atoms with Crippen molar-refractivity contribution >= 4 is 13.7 Å². The van der Waals surface area contributed by atoms with Crippen molar-refractivity contribution in [2.45, 2.75) is 345 Å². The third-order valence-corrected chi connectivity index (χ3v) is 15.8. The van der Waals surface area contributed by atoms with Crippen LogP contribution in [0, 0.1) is 0 Å². The number of unbranched alkanes of at least 4 members (excludes halogenated alkanes) is 41. The first-order valence-corrected chi connectivity index (χ1v) is 31.6. The summed E-state index contributed by atoms with van der Waals surface area (Å²) in [6.07, 6.45) is 46.4. The van der Waals surface area contributed by atoms with Crippen LogP contribution in [0.1, 0.15) is 296 Å². The lowest BCUT2D eigenvalue weighted by Crippen LogP contribution is -2.64. The zero-order valence-corrected chi connectivity index (χ0v) is 46.7. The highest BCUT2D eigenvalue weighted by atomic mass is 31.2. The van der Waals surface area contributed by atoms with Crippen LogP contribution in [0.25, 0.3) is 0 Å². The van der Waals surface area contributed by atoms with Crippen molar-refractivity contribution < 1.29 is 53.9 Å². The summed E-state index contributed by atoms with van der Waals surface area (Å²) >= 11 is 0. The summed E-state index contributed by atoms with van der Waals surface area (Å²) in [5.41, 5.74) is 0. The Kier molecular flexibility index (Phi) is 45.6. The van der Waals surface area contributed by atoms with E-state index >= 15 is 0 Å². The van der Waals surface area contributed by atoms with E-state index in [4.69, 9.17) is 9.05 Å². The summed E-state index contributed by atoms with van der Waals surface area (Å²) in [6.45, 7) is 3.83. The van der Waals surface area contributed by atoms with E-state index in [0.29, 0.717) is 6.42 Å². The number of phosphoric acid groups is 1. The molecule has 1 fully saturated rings. The number of carbonyl (C=O) groups is 1. The Labute approximate surface area is 435 Å². The standard InChI is InChI=1S/C58H114NO11P/c1-3-5-7-9-11-13-14-15-16-17-18-19-20-21-22-23-24-25-26-27-28-29-30-31-32-33-34-35-36-37-38-40-42-44-46-48-52(61)59-50(51(60)47-45-43-41-39-12-10-8-6-4-2)49-69-71(67,68)70-58-56(65)54(63)53(62)55(64)57(58)66/h45,47,50-51,53-58,60,62-66H,3-44,46,48-49H2,1-2H3,(H,59,61)(H,67,68)/b47-45+/t50-,51+,53?,54+,55?,56?,57?,58?/m0/s1. The van der Waals surface area contributed by atoms with Gasteiger partial charge < -0.3 is 40.8 Å². The fraction of sp³-hybridized carbons (Fsp3) is 0.948. The maximum absolute atomic E-state index is 13.0. The minimum Gasteiger partial charge on any atom is -0.387 e. The number of hydrogen-bond acceptors (Lipinski definition) is 10. The number of carbonyl (C=O) groups excluding carboxylic acids is 1. The van der Waals surface area contributed by atoms with Gasteiger partial charge in [0.15, 0.2) is 0 Å². The van der Waals surface area contributed by atoms with Gasteiger partial charge in [-0.2, -0.15) is 0 Å². The minimum atomic E-state index is -5.08. The number of aliphatic hydroxyl groups is 6. The molecule has 0 heterocycles. The summed E-state index contributed by atoms with van der Waals surface area (Å²) in [6, 6.07) is -1.11. The molecule has 9 atom stereocenters. The molecule has 0 radical (unpaired) electrons. The summed E-state index contributed by atoms with van der Waals surface area (Å²) in [5, 5.41) is 64.0. The lowest BCUT2D eigenvalue weighted by molar-refractivity contribution is -0.220. The molecule has 0 bridgehead atoms. The molecular formula is C58H114NO11P. The van der Waals surface area contributed by atoms with Crippen LogP contribution in [0.2, 0.25) is 0 Å². The maximum Gasteiger partial charge on any atom is 0.472 e. The first-order chi connectivity index (χ1) is 34.4. The lowest BCUT2D eigenvalue weighted by atomic mass is 9.85. The van der Waals surface area contributed by atoms with E-state index in [1.807, 2.05) is 6.08 Å². The third kappa shape index (κ3) is 38.3. The van der Waals surface area contributed by atoms with E-state index in [1.54, 1.807) is 0 Å². The smallest absolute Gasteiger partial charge is 0.387 e. The predicted molar refractivity (Wildman–Crippen MR) is 292 cm³/mol. The molecule has 13 heteroatoms. The molecule has 1 saturated carbocycles. The van der Waals surface area contributed by atoms with Gasteiger partial charge in [-0.1, -0.05) is 283 Å². The average molecular weight is 1030 g/mol. The van der Waals surface area contributed by atoms with Gasteiger partial charge in [0, 0.05) is 6.42 Å². The van der Waals surface area contributed by atoms with Gasteiger partial charge in [0.05, 0.1) is 18.8 Å². The number of allylic oxidation sites excluding steroid dienone is 1. The van der Waals surface area contributed by atoms with Gasteiger partial charge in [-0.15, -0.1) is 0 Å². The van der Waals surface area contributed by atoms with Crippen molar-refractivity contribution in [1.82, 2.24) is 5.32 Å². The second kappa shape index (κ2) is 47.5. The highest BCUT2D eigenvalue weighted by Crippen LogP contribution is 2.47. The van der Waals surface area contributed by atoms with E-state index in [-0.39, 0.29) is 12.3 Å². The topological polar surface area (TPSA) is 206 Å². The first kappa shape index (κ1) is 68.1. The summed E-state index contributed by atoms with van der Waals surface area (Å²) in [5.74, 6) is -0.337. The van der Waals surface area contributed by atoms with Crippen LogP contribution in [0.4, 0.5) is 0 Å². The number of amides is 1. The molecule has 0 saturated heterocycles. The predicted octanol–water partition coefficient (Wildman–Crippen LogP) is 13.9. The van der Waals surface area contributed by atoms with Gasteiger partial charge in [-0.05, 0) is 19.3 Å². The molecule has 0 aromatic carbocycles. The highest BCUT2D eigenvalue weighted by molar-refractivity contribution is 7.47. The Hall–Kier alpha value is -0.920. The Bertz CT molecular complexity index is 1250. The minimum absolute atomic E-state index is 0.219. The van der Waals surface area contributed by atoms with Crippen molar-refractivity contribution in [2.75, 3.05) is 6.61 Å². The second-order valence-electron chi connectivity index (χ2n) is 21.6. The van der Waals surface area contributed by atoms with Gasteiger partial charge in [0.25, 0.3) is 0 Å². The van der Waals surface area contributed by atoms with Crippen molar-refractivity contribution in [1.29, 1.82) is 0 Å². The molecule has 71 heavy (non-hydrogen) atoms. The second-order valence-corrected chi connectivity index (χ2v) is 23.0. The van der Waals surface area contributed by atoms with E-state index in [0.717, 1.165) is 44.9 Å². The SMILES string of the molecule is CCCCCCCCC/C=C/[C@@H](O)[C@H](COP(=O)(O)OC1C(O)C(O)C(O)[C@@H](O)C1O)NC(=O)CCCCCCCCCCCCCCCCCCCCCCCCCCCCCCCCCCCCC. The molecule has 12 nitrogen and oxygen atoms in total. The van der Waals surface area contributed by atoms with Crippen molar-refractivity contribution in [3.05, 3.63) is 12.2 Å². The van der Waals surface area contributed by atoms with Crippen molar-refractivity contribution in [3.63, 3.8) is 0 Å². The normalized spacial score (nSPS) is 21.2. The fourth-order valence-corrected chi connectivity index (χ4v) is 10.9. The molecule has 1 amide bonds. The molecule has 0 aliphatic heterocycles. The van der Waals surface area contributed by atoms with Gasteiger partial charge in [-0.25, -0.2) is 4.57 Å². The van der Waals surface area contributed by atoms with E-state index < -0.39 is 63.2 Å². The number of nitrogens with one attached hydrogen (secondary N) is 1. The fourth-order valence-electron chi connectivity index (χ4n) is 9.97. The number of hydrogen-bond donors (Lipinski definition) is 8. The zero-order valence-electron chi connectivity index (χ0n) is 45.8. The van der Waals surface area contributed by atoms with Crippen LogP contribution in [-0.4, -0.2) is 96.8 Å². The molecule has 1 aliphatic carbocycles. The molecular weight excluding hydrogens is 918 g/mol. The van der Waals surface area contributed by atoms with Crippen molar-refractivity contribution in [3.8, 4) is 0 Å². The Morgan fingerprint density at radius 1 is 0.465 bits per heavy atom. The van der Waals surface area contributed by atoms with Crippen molar-refractivity contribution in [2.24, 2.45) is 0 Å². The monoisotopic (exact) mass is 1030 g/mol. The average Bonchev–Trinajstić information content (AvgIpc) is 3.35. The maximum atomic E-state index is 13.0. The summed E-state index contributed by atoms with van der Waals surface area (Å²) in [4.78, 5) is 23.4. The van der Waals surface area contributed by atoms with Crippen LogP contribution in [0.5, 0.6) is 0 Å². The van der Waals surface area contributed by atoms with Gasteiger partial charge in [0.2, 0.25) is 5.91 Å². The molecule has 8 N–H and O–H groups in total. The van der Waals surface area contributed by atoms with E-state index in [9.17, 15) is 44.9 Å². The van der Waals surface area contributed by atoms with Crippen LogP contribution in [-0.2, 0) is 18.4 Å². The van der Waals surface area contributed by atoms with E-state index in [2.05, 4.69) is 19.2 Å². The van der Waals surface area contributed by atoms with E-state index in [1.165, 1.54) is 231 Å². The Morgan fingerprint density at radius 2 is 0.746 bits per heavy atom.